The molecule has 1 aromatic rings. The molecular weight excluding hydrogens is 290 g/mol. The van der Waals surface area contributed by atoms with Gasteiger partial charge >= 0.3 is 5.97 Å². The van der Waals surface area contributed by atoms with Crippen molar-refractivity contribution in [3.8, 4) is 0 Å². The Morgan fingerprint density at radius 2 is 1.91 bits per heavy atom. The smallest absolute Gasteiger partial charge is 0.303 e. The van der Waals surface area contributed by atoms with E-state index in [1.165, 1.54) is 5.56 Å². The first-order chi connectivity index (χ1) is 11.1. The summed E-state index contributed by atoms with van der Waals surface area (Å²) in [5, 5.41) is 8.67. The third-order valence-corrected chi connectivity index (χ3v) is 4.78. The van der Waals surface area contributed by atoms with Gasteiger partial charge in [-0.2, -0.15) is 0 Å². The maximum atomic E-state index is 12.5. The number of nitrogens with zero attached hydrogens (tertiary/aromatic N) is 1. The number of carboxylic acid groups (broad SMARTS) is 1. The van der Waals surface area contributed by atoms with Crippen molar-refractivity contribution in [2.75, 3.05) is 6.54 Å². The van der Waals surface area contributed by atoms with E-state index in [1.807, 2.05) is 11.0 Å². The Bertz CT molecular complexity index is 515. The first-order valence-electron chi connectivity index (χ1n) is 8.69. The standard InChI is InChI=1S/C19H27NO3/c1-2-16(15-9-4-3-5-10-15)17-11-8-14-20(17)18(21)12-6-7-13-19(22)23/h3-5,9-10,16-17H,2,6-8,11-14H2,1H3,(H,22,23). The fourth-order valence-corrected chi connectivity index (χ4v) is 3.65. The number of unbranched alkanes of at least 4 members (excludes halogenated alkanes) is 1. The molecule has 2 atom stereocenters. The van der Waals surface area contributed by atoms with Gasteiger partial charge in [-0.3, -0.25) is 9.59 Å². The number of aliphatic carboxylic acids is 1. The van der Waals surface area contributed by atoms with Crippen molar-refractivity contribution in [3.05, 3.63) is 35.9 Å². The lowest BCUT2D eigenvalue weighted by Crippen LogP contribution is -2.39. The highest BCUT2D eigenvalue weighted by atomic mass is 16.4. The summed E-state index contributed by atoms with van der Waals surface area (Å²) in [6, 6.07) is 10.7. The SMILES string of the molecule is CCC(c1ccccc1)C1CCCN1C(=O)CCCCC(=O)O. The van der Waals surface area contributed by atoms with Crippen LogP contribution in [-0.4, -0.2) is 34.5 Å². The van der Waals surface area contributed by atoms with E-state index < -0.39 is 5.97 Å². The molecular formula is C19H27NO3. The van der Waals surface area contributed by atoms with Crippen LogP contribution in [0.3, 0.4) is 0 Å². The molecule has 0 aromatic heterocycles. The average Bonchev–Trinajstić information content (AvgIpc) is 3.02. The minimum Gasteiger partial charge on any atom is -0.481 e. The van der Waals surface area contributed by atoms with Crippen LogP contribution in [0.4, 0.5) is 0 Å². The van der Waals surface area contributed by atoms with E-state index in [9.17, 15) is 9.59 Å². The molecule has 23 heavy (non-hydrogen) atoms. The maximum Gasteiger partial charge on any atom is 0.303 e. The minimum absolute atomic E-state index is 0.151. The Hall–Kier alpha value is -1.84. The zero-order chi connectivity index (χ0) is 16.7. The molecule has 1 heterocycles. The molecule has 0 spiro atoms. The highest BCUT2D eigenvalue weighted by Crippen LogP contribution is 2.34. The highest BCUT2D eigenvalue weighted by Gasteiger charge is 2.34. The molecule has 0 radical (unpaired) electrons. The molecule has 4 heteroatoms. The summed E-state index contributed by atoms with van der Waals surface area (Å²) in [5.41, 5.74) is 1.31. The van der Waals surface area contributed by atoms with Gasteiger partial charge in [-0.05, 0) is 37.7 Å². The lowest BCUT2D eigenvalue weighted by atomic mass is 9.87. The van der Waals surface area contributed by atoms with Gasteiger partial charge in [0.1, 0.15) is 0 Å². The van der Waals surface area contributed by atoms with Crippen LogP contribution < -0.4 is 0 Å². The molecule has 1 aromatic carbocycles. The summed E-state index contributed by atoms with van der Waals surface area (Å²) < 4.78 is 0. The Balaban J connectivity index is 1.95. The number of hydrogen-bond acceptors (Lipinski definition) is 2. The first-order valence-corrected chi connectivity index (χ1v) is 8.69. The third-order valence-electron chi connectivity index (χ3n) is 4.78. The van der Waals surface area contributed by atoms with Gasteiger partial charge in [-0.25, -0.2) is 0 Å². The molecule has 4 nitrogen and oxygen atoms in total. The molecule has 0 aliphatic carbocycles. The van der Waals surface area contributed by atoms with Gasteiger partial charge in [0.05, 0.1) is 0 Å². The van der Waals surface area contributed by atoms with Gasteiger partial charge < -0.3 is 10.0 Å². The van der Waals surface area contributed by atoms with Crippen molar-refractivity contribution in [2.45, 2.75) is 63.8 Å². The summed E-state index contributed by atoms with van der Waals surface area (Å²) in [6.45, 7) is 3.03. The predicted molar refractivity (Wildman–Crippen MR) is 90.3 cm³/mol. The molecule has 1 amide bonds. The van der Waals surface area contributed by atoms with Crippen LogP contribution in [0.2, 0.25) is 0 Å². The van der Waals surface area contributed by atoms with Crippen molar-refractivity contribution < 1.29 is 14.7 Å². The largest absolute Gasteiger partial charge is 0.481 e. The number of likely N-dealkylation sites (tertiary alicyclic amines) is 1. The molecule has 1 aliphatic rings. The van der Waals surface area contributed by atoms with E-state index in [1.54, 1.807) is 0 Å². The normalized spacial score (nSPS) is 18.8. The summed E-state index contributed by atoms with van der Waals surface area (Å²) in [7, 11) is 0. The van der Waals surface area contributed by atoms with Crippen LogP contribution in [0.25, 0.3) is 0 Å². The molecule has 126 valence electrons. The summed E-state index contributed by atoms with van der Waals surface area (Å²) in [4.78, 5) is 25.1. The van der Waals surface area contributed by atoms with Crippen LogP contribution in [-0.2, 0) is 9.59 Å². The van der Waals surface area contributed by atoms with Gasteiger partial charge in [0.15, 0.2) is 0 Å². The molecule has 1 N–H and O–H groups in total. The second kappa shape index (κ2) is 8.70. The first kappa shape index (κ1) is 17.5. The van der Waals surface area contributed by atoms with E-state index in [2.05, 4.69) is 31.2 Å². The fourth-order valence-electron chi connectivity index (χ4n) is 3.65. The van der Waals surface area contributed by atoms with Crippen molar-refractivity contribution >= 4 is 11.9 Å². The van der Waals surface area contributed by atoms with E-state index in [0.29, 0.717) is 25.2 Å². The van der Waals surface area contributed by atoms with Gasteiger partial charge in [0.2, 0.25) is 5.91 Å². The zero-order valence-corrected chi connectivity index (χ0v) is 13.9. The Morgan fingerprint density at radius 1 is 1.22 bits per heavy atom. The number of carboxylic acids is 1. The van der Waals surface area contributed by atoms with Crippen LogP contribution >= 0.6 is 0 Å². The molecule has 0 saturated carbocycles. The predicted octanol–water partition coefficient (Wildman–Crippen LogP) is 3.82. The molecule has 1 fully saturated rings. The number of amides is 1. The van der Waals surface area contributed by atoms with Crippen molar-refractivity contribution in [1.29, 1.82) is 0 Å². The third kappa shape index (κ3) is 4.81. The number of carbonyl (C=O) groups is 2. The fraction of sp³-hybridized carbons (Fsp3) is 0.579. The Morgan fingerprint density at radius 3 is 2.57 bits per heavy atom. The van der Waals surface area contributed by atoms with Crippen molar-refractivity contribution in [3.63, 3.8) is 0 Å². The maximum absolute atomic E-state index is 12.5. The van der Waals surface area contributed by atoms with Gasteiger partial charge in [-0.15, -0.1) is 0 Å². The second-order valence-electron chi connectivity index (χ2n) is 6.32. The highest BCUT2D eigenvalue weighted by molar-refractivity contribution is 5.77. The van der Waals surface area contributed by atoms with Crippen LogP contribution in [0, 0.1) is 0 Å². The molecule has 1 aliphatic heterocycles. The summed E-state index contributed by atoms with van der Waals surface area (Å²) in [5.74, 6) is -0.208. The minimum atomic E-state index is -0.786. The number of rotatable bonds is 8. The van der Waals surface area contributed by atoms with E-state index in [0.717, 1.165) is 25.8 Å². The zero-order valence-electron chi connectivity index (χ0n) is 13.9. The van der Waals surface area contributed by atoms with Crippen molar-refractivity contribution in [1.82, 2.24) is 4.90 Å². The van der Waals surface area contributed by atoms with Gasteiger partial charge in [0, 0.05) is 31.3 Å². The van der Waals surface area contributed by atoms with Gasteiger partial charge in [-0.1, -0.05) is 37.3 Å². The number of hydrogen-bond donors (Lipinski definition) is 1. The monoisotopic (exact) mass is 317 g/mol. The Kier molecular flexibility index (Phi) is 6.63. The number of carbonyl (C=O) groups excluding carboxylic acids is 1. The topological polar surface area (TPSA) is 57.6 Å². The summed E-state index contributed by atoms with van der Waals surface area (Å²) in [6.07, 6.45) is 5.01. The van der Waals surface area contributed by atoms with E-state index in [-0.39, 0.29) is 18.4 Å². The Labute approximate surface area is 138 Å². The molecule has 2 rings (SSSR count). The van der Waals surface area contributed by atoms with Crippen LogP contribution in [0.5, 0.6) is 0 Å². The summed E-state index contributed by atoms with van der Waals surface area (Å²) >= 11 is 0. The second-order valence-corrected chi connectivity index (χ2v) is 6.32. The average molecular weight is 317 g/mol. The quantitative estimate of drug-likeness (QED) is 0.742. The number of benzene rings is 1. The van der Waals surface area contributed by atoms with E-state index >= 15 is 0 Å². The van der Waals surface area contributed by atoms with Crippen LogP contribution in [0.15, 0.2) is 30.3 Å². The molecule has 0 bridgehead atoms. The van der Waals surface area contributed by atoms with E-state index in [4.69, 9.17) is 5.11 Å². The lowest BCUT2D eigenvalue weighted by Gasteiger charge is -2.32. The van der Waals surface area contributed by atoms with Gasteiger partial charge in [0.25, 0.3) is 0 Å². The molecule has 2 unspecified atom stereocenters. The lowest BCUT2D eigenvalue weighted by molar-refractivity contribution is -0.137. The van der Waals surface area contributed by atoms with Crippen molar-refractivity contribution in [2.24, 2.45) is 0 Å². The molecule has 1 saturated heterocycles. The van der Waals surface area contributed by atoms with Crippen LogP contribution in [0.1, 0.15) is 63.4 Å².